The number of ether oxygens (including phenoxy) is 2. The molecule has 0 aromatic carbocycles. The van der Waals surface area contributed by atoms with E-state index >= 15 is 0 Å². The molecule has 1 saturated heterocycles. The van der Waals surface area contributed by atoms with E-state index in [1.54, 1.807) is 17.5 Å². The van der Waals surface area contributed by atoms with Gasteiger partial charge in [-0.2, -0.15) is 0 Å². The van der Waals surface area contributed by atoms with E-state index in [4.69, 9.17) is 9.47 Å². The third-order valence-corrected chi connectivity index (χ3v) is 2.88. The van der Waals surface area contributed by atoms with Crippen molar-refractivity contribution in [2.45, 2.75) is 12.8 Å². The molecule has 0 N–H and O–H groups in total. The minimum absolute atomic E-state index is 0.651. The van der Waals surface area contributed by atoms with E-state index < -0.39 is 0 Å². The Labute approximate surface area is 81.7 Å². The van der Waals surface area contributed by atoms with Crippen LogP contribution in [0.4, 0.5) is 0 Å². The van der Waals surface area contributed by atoms with Crippen LogP contribution in [0.15, 0.2) is 11.6 Å². The molecule has 72 valence electrons. The average molecular weight is 199 g/mol. The number of aromatic nitrogens is 1. The summed E-state index contributed by atoms with van der Waals surface area (Å²) in [4.78, 5) is 4.07. The number of hydrogen-bond acceptors (Lipinski definition) is 4. The van der Waals surface area contributed by atoms with Gasteiger partial charge in [-0.05, 0) is 18.8 Å². The Morgan fingerprint density at radius 2 is 2.38 bits per heavy atom. The number of hydrogen-bond donors (Lipinski definition) is 0. The molecule has 3 nitrogen and oxygen atoms in total. The van der Waals surface area contributed by atoms with Gasteiger partial charge in [-0.15, -0.1) is 0 Å². The fourth-order valence-electron chi connectivity index (χ4n) is 1.38. The quantitative estimate of drug-likeness (QED) is 0.745. The van der Waals surface area contributed by atoms with Gasteiger partial charge >= 0.3 is 0 Å². The highest BCUT2D eigenvalue weighted by Crippen LogP contribution is 2.18. The van der Waals surface area contributed by atoms with E-state index in [0.29, 0.717) is 5.92 Å². The van der Waals surface area contributed by atoms with Crippen molar-refractivity contribution in [1.82, 2.24) is 4.98 Å². The van der Waals surface area contributed by atoms with Crippen LogP contribution in [0, 0.1) is 5.92 Å². The van der Waals surface area contributed by atoms with Gasteiger partial charge < -0.3 is 9.47 Å². The second-order valence-electron chi connectivity index (χ2n) is 3.16. The molecule has 4 heteroatoms. The zero-order valence-corrected chi connectivity index (χ0v) is 8.26. The first-order chi connectivity index (χ1) is 6.45. The summed E-state index contributed by atoms with van der Waals surface area (Å²) in [5, 5.41) is 2.71. The van der Waals surface area contributed by atoms with Crippen LogP contribution in [-0.2, 0) is 4.74 Å². The molecule has 1 aliphatic heterocycles. The highest BCUT2D eigenvalue weighted by Gasteiger charge is 2.14. The molecule has 1 aromatic heterocycles. The lowest BCUT2D eigenvalue weighted by Crippen LogP contribution is -2.21. The molecule has 0 aliphatic carbocycles. The standard InChI is InChI=1S/C9H13NO2S/c1-4-11-5-2-8(1)7-12-9-10-3-6-13-9/h3,6,8H,1-2,4-5,7H2. The summed E-state index contributed by atoms with van der Waals surface area (Å²) in [5.74, 6) is 0.651. The zero-order valence-electron chi connectivity index (χ0n) is 7.44. The average Bonchev–Trinajstić information content (AvgIpc) is 2.69. The van der Waals surface area contributed by atoms with Crippen molar-refractivity contribution in [3.63, 3.8) is 0 Å². The number of nitrogens with zero attached hydrogens (tertiary/aromatic N) is 1. The predicted octanol–water partition coefficient (Wildman–Crippen LogP) is 1.95. The SMILES string of the molecule is c1csc(OCC2CCOCC2)n1. The summed E-state index contributed by atoms with van der Waals surface area (Å²) in [6, 6.07) is 0. The Kier molecular flexibility index (Phi) is 3.16. The molecule has 0 spiro atoms. The van der Waals surface area contributed by atoms with E-state index in [2.05, 4.69) is 4.98 Å². The van der Waals surface area contributed by atoms with Gasteiger partial charge in [0.25, 0.3) is 5.19 Å². The maximum Gasteiger partial charge on any atom is 0.273 e. The minimum Gasteiger partial charge on any atom is -0.470 e. The van der Waals surface area contributed by atoms with Crippen molar-refractivity contribution < 1.29 is 9.47 Å². The Balaban J connectivity index is 1.72. The molecule has 2 rings (SSSR count). The minimum atomic E-state index is 0.651. The third kappa shape index (κ3) is 2.67. The molecule has 13 heavy (non-hydrogen) atoms. The van der Waals surface area contributed by atoms with E-state index in [9.17, 15) is 0 Å². The van der Waals surface area contributed by atoms with E-state index in [0.717, 1.165) is 37.9 Å². The Hall–Kier alpha value is -0.610. The first-order valence-electron chi connectivity index (χ1n) is 4.55. The summed E-state index contributed by atoms with van der Waals surface area (Å²) < 4.78 is 10.8. The Morgan fingerprint density at radius 3 is 3.08 bits per heavy atom. The van der Waals surface area contributed by atoms with Crippen molar-refractivity contribution in [3.8, 4) is 5.19 Å². The van der Waals surface area contributed by atoms with Crippen molar-refractivity contribution in [1.29, 1.82) is 0 Å². The lowest BCUT2D eigenvalue weighted by atomic mass is 10.0. The van der Waals surface area contributed by atoms with Crippen LogP contribution >= 0.6 is 11.3 Å². The van der Waals surface area contributed by atoms with Crippen LogP contribution in [-0.4, -0.2) is 24.8 Å². The van der Waals surface area contributed by atoms with E-state index in [1.807, 2.05) is 5.38 Å². The second-order valence-corrected chi connectivity index (χ2v) is 4.02. The summed E-state index contributed by atoms with van der Waals surface area (Å²) in [7, 11) is 0. The van der Waals surface area contributed by atoms with Crippen molar-refractivity contribution in [3.05, 3.63) is 11.6 Å². The fraction of sp³-hybridized carbons (Fsp3) is 0.667. The zero-order chi connectivity index (χ0) is 8.93. The van der Waals surface area contributed by atoms with E-state index in [-0.39, 0.29) is 0 Å². The van der Waals surface area contributed by atoms with Crippen molar-refractivity contribution in [2.75, 3.05) is 19.8 Å². The van der Waals surface area contributed by atoms with Gasteiger partial charge in [0.2, 0.25) is 0 Å². The van der Waals surface area contributed by atoms with Gasteiger partial charge in [0.1, 0.15) is 0 Å². The third-order valence-electron chi connectivity index (χ3n) is 2.19. The molecular weight excluding hydrogens is 186 g/mol. The van der Waals surface area contributed by atoms with Crippen molar-refractivity contribution in [2.24, 2.45) is 5.92 Å². The first-order valence-corrected chi connectivity index (χ1v) is 5.43. The van der Waals surface area contributed by atoms with Gasteiger partial charge in [-0.3, -0.25) is 0 Å². The molecule has 0 unspecified atom stereocenters. The number of rotatable bonds is 3. The van der Waals surface area contributed by atoms with Crippen LogP contribution in [0.2, 0.25) is 0 Å². The maximum absolute atomic E-state index is 5.54. The molecule has 1 fully saturated rings. The summed E-state index contributed by atoms with van der Waals surface area (Å²) >= 11 is 1.55. The molecule has 1 aliphatic rings. The Morgan fingerprint density at radius 1 is 1.54 bits per heavy atom. The van der Waals surface area contributed by atoms with Crippen LogP contribution in [0.25, 0.3) is 0 Å². The fourth-order valence-corrected chi connectivity index (χ4v) is 1.88. The first kappa shape index (κ1) is 8.97. The molecule has 2 heterocycles. The van der Waals surface area contributed by atoms with Gasteiger partial charge in [0.05, 0.1) is 6.61 Å². The van der Waals surface area contributed by atoms with Gasteiger partial charge in [-0.25, -0.2) is 4.98 Å². The molecule has 0 bridgehead atoms. The van der Waals surface area contributed by atoms with Gasteiger partial charge in [0.15, 0.2) is 0 Å². The molecule has 0 radical (unpaired) electrons. The lowest BCUT2D eigenvalue weighted by molar-refractivity contribution is 0.0497. The molecule has 1 aromatic rings. The van der Waals surface area contributed by atoms with Gasteiger partial charge in [0, 0.05) is 24.8 Å². The van der Waals surface area contributed by atoms with Crippen LogP contribution < -0.4 is 4.74 Å². The Bertz CT molecular complexity index is 232. The molecule has 0 amide bonds. The monoisotopic (exact) mass is 199 g/mol. The molecular formula is C9H13NO2S. The van der Waals surface area contributed by atoms with E-state index in [1.165, 1.54) is 0 Å². The molecule has 0 atom stereocenters. The summed E-state index contributed by atoms with van der Waals surface area (Å²) in [6.07, 6.45) is 4.00. The summed E-state index contributed by atoms with van der Waals surface area (Å²) in [5.41, 5.74) is 0. The largest absolute Gasteiger partial charge is 0.470 e. The molecule has 0 saturated carbocycles. The van der Waals surface area contributed by atoms with Crippen molar-refractivity contribution >= 4 is 11.3 Å². The van der Waals surface area contributed by atoms with Gasteiger partial charge in [-0.1, -0.05) is 11.3 Å². The van der Waals surface area contributed by atoms with Crippen LogP contribution in [0.3, 0.4) is 0 Å². The predicted molar refractivity (Wildman–Crippen MR) is 51.2 cm³/mol. The van der Waals surface area contributed by atoms with Crippen LogP contribution in [0.1, 0.15) is 12.8 Å². The smallest absolute Gasteiger partial charge is 0.273 e. The van der Waals surface area contributed by atoms with Crippen LogP contribution in [0.5, 0.6) is 5.19 Å². The second kappa shape index (κ2) is 4.58. The maximum atomic E-state index is 5.54. The topological polar surface area (TPSA) is 31.4 Å². The normalized spacial score (nSPS) is 18.8. The summed E-state index contributed by atoms with van der Waals surface area (Å²) in [6.45, 7) is 2.55. The highest BCUT2D eigenvalue weighted by molar-refractivity contribution is 7.11. The number of thiazole rings is 1. The lowest BCUT2D eigenvalue weighted by Gasteiger charge is -2.21. The highest BCUT2D eigenvalue weighted by atomic mass is 32.1.